The first kappa shape index (κ1) is 27.4. The van der Waals surface area contributed by atoms with Gasteiger partial charge in [-0.1, -0.05) is 66.7 Å². The summed E-state index contributed by atoms with van der Waals surface area (Å²) in [7, 11) is 0.00149. The summed E-state index contributed by atoms with van der Waals surface area (Å²) in [5, 5.41) is 4.74. The molecule has 2 heterocycles. The van der Waals surface area contributed by atoms with Crippen LogP contribution in [-0.2, 0) is 20.4 Å². The Labute approximate surface area is 244 Å². The van der Waals surface area contributed by atoms with Crippen molar-refractivity contribution in [2.75, 3.05) is 25.5 Å². The third-order valence-electron chi connectivity index (χ3n) is 7.47. The Balaban J connectivity index is 1.50. The first-order valence-electron chi connectivity index (χ1n) is 13.6. The second kappa shape index (κ2) is 11.2. The lowest BCUT2D eigenvalue weighted by Crippen LogP contribution is -2.33. The molecule has 0 fully saturated rings. The highest BCUT2D eigenvalue weighted by molar-refractivity contribution is 7.90. The van der Waals surface area contributed by atoms with Crippen LogP contribution in [0.5, 0.6) is 0 Å². The van der Waals surface area contributed by atoms with Gasteiger partial charge in [0.2, 0.25) is 5.91 Å². The van der Waals surface area contributed by atoms with E-state index in [9.17, 15) is 13.2 Å². The highest BCUT2D eigenvalue weighted by atomic mass is 32.2. The Morgan fingerprint density at radius 2 is 1.57 bits per heavy atom. The average molecular weight is 575 g/mol. The number of aromatic nitrogens is 2. The maximum absolute atomic E-state index is 13.2. The monoisotopic (exact) mass is 574 g/mol. The number of likely N-dealkylation sites (N-methyl/N-ethyl adjacent to an activating group) is 2. The fourth-order valence-electron chi connectivity index (χ4n) is 5.33. The third-order valence-corrected chi connectivity index (χ3v) is 9.18. The second-order valence-electron chi connectivity index (χ2n) is 10.2. The summed E-state index contributed by atoms with van der Waals surface area (Å²) in [4.78, 5) is 22.5. The molecule has 0 radical (unpaired) electrons. The number of carbonyl (C=O) groups excluding carboxylic acids is 1. The minimum absolute atomic E-state index is 0.0258. The zero-order valence-corrected chi connectivity index (χ0v) is 24.2. The largest absolute Gasteiger partial charge is 0.339 e. The molecule has 42 heavy (non-hydrogen) atoms. The van der Waals surface area contributed by atoms with Crippen molar-refractivity contribution in [1.82, 2.24) is 15.3 Å². The Hall–Kier alpha value is -4.79. The van der Waals surface area contributed by atoms with Crippen LogP contribution < -0.4 is 10.2 Å². The van der Waals surface area contributed by atoms with E-state index in [1.54, 1.807) is 43.3 Å². The quantitative estimate of drug-likeness (QED) is 0.226. The SMILES string of the molecule is CNCC(=O)N(C)c1ccc(-c2cnc3[nH]c4ccc(CS(=O)(=O)c5ccccc5)cc4c3c2-c2ccccc2)cc1. The van der Waals surface area contributed by atoms with E-state index in [-0.39, 0.29) is 18.2 Å². The van der Waals surface area contributed by atoms with Crippen molar-refractivity contribution in [3.63, 3.8) is 0 Å². The predicted octanol–water partition coefficient (Wildman–Crippen LogP) is 6.21. The lowest BCUT2D eigenvalue weighted by Gasteiger charge is -2.18. The van der Waals surface area contributed by atoms with Crippen molar-refractivity contribution in [3.8, 4) is 22.3 Å². The maximum atomic E-state index is 13.2. The number of fused-ring (bicyclic) bond motifs is 3. The first-order chi connectivity index (χ1) is 20.4. The predicted molar refractivity (Wildman–Crippen MR) is 169 cm³/mol. The van der Waals surface area contributed by atoms with Crippen LogP contribution in [0.2, 0.25) is 0 Å². The number of anilines is 1. The van der Waals surface area contributed by atoms with Crippen molar-refractivity contribution in [2.45, 2.75) is 10.6 Å². The number of carbonyl (C=O) groups is 1. The van der Waals surface area contributed by atoms with Crippen LogP contribution in [0.3, 0.4) is 0 Å². The van der Waals surface area contributed by atoms with Crippen molar-refractivity contribution >= 4 is 43.4 Å². The average Bonchev–Trinajstić information content (AvgIpc) is 3.39. The molecule has 7 nitrogen and oxygen atoms in total. The molecule has 6 aromatic rings. The molecule has 2 N–H and O–H groups in total. The van der Waals surface area contributed by atoms with Gasteiger partial charge in [-0.25, -0.2) is 13.4 Å². The molecule has 210 valence electrons. The fourth-order valence-corrected chi connectivity index (χ4v) is 6.68. The van der Waals surface area contributed by atoms with E-state index < -0.39 is 9.84 Å². The van der Waals surface area contributed by atoms with Crippen LogP contribution in [0, 0.1) is 0 Å². The number of H-pyrrole nitrogens is 1. The molecule has 4 aromatic carbocycles. The molecular formula is C34H30N4O3S. The van der Waals surface area contributed by atoms with Crippen molar-refractivity contribution in [2.24, 2.45) is 0 Å². The van der Waals surface area contributed by atoms with E-state index in [1.165, 1.54) is 0 Å². The summed E-state index contributed by atoms with van der Waals surface area (Å²) in [6, 6.07) is 32.3. The van der Waals surface area contributed by atoms with Gasteiger partial charge in [0, 0.05) is 46.3 Å². The zero-order valence-electron chi connectivity index (χ0n) is 23.3. The third kappa shape index (κ3) is 5.18. The number of rotatable bonds is 8. The van der Waals surface area contributed by atoms with Gasteiger partial charge in [0.05, 0.1) is 17.2 Å². The number of amides is 1. The molecule has 0 aliphatic rings. The molecule has 0 aliphatic heterocycles. The molecule has 6 rings (SSSR count). The normalized spacial score (nSPS) is 11.7. The summed E-state index contributed by atoms with van der Waals surface area (Å²) in [6.45, 7) is 0.256. The van der Waals surface area contributed by atoms with Crippen LogP contribution in [-0.4, -0.2) is 44.9 Å². The molecule has 0 aliphatic carbocycles. The number of sulfone groups is 1. The van der Waals surface area contributed by atoms with Crippen LogP contribution >= 0.6 is 0 Å². The fraction of sp³-hybridized carbons (Fsp3) is 0.118. The summed E-state index contributed by atoms with van der Waals surface area (Å²) in [5.41, 5.74) is 7.03. The van der Waals surface area contributed by atoms with Gasteiger partial charge in [0.1, 0.15) is 5.65 Å². The van der Waals surface area contributed by atoms with Gasteiger partial charge in [0.25, 0.3) is 0 Å². The van der Waals surface area contributed by atoms with Crippen LogP contribution in [0.4, 0.5) is 5.69 Å². The van der Waals surface area contributed by atoms with Gasteiger partial charge in [0.15, 0.2) is 9.84 Å². The zero-order chi connectivity index (χ0) is 29.3. The molecule has 0 unspecified atom stereocenters. The molecule has 0 bridgehead atoms. The Morgan fingerprint density at radius 3 is 2.26 bits per heavy atom. The number of pyridine rings is 1. The number of nitrogens with zero attached hydrogens (tertiary/aromatic N) is 2. The molecule has 2 aromatic heterocycles. The van der Waals surface area contributed by atoms with Crippen molar-refractivity contribution < 1.29 is 13.2 Å². The van der Waals surface area contributed by atoms with Crippen LogP contribution in [0.1, 0.15) is 5.56 Å². The number of aromatic amines is 1. The van der Waals surface area contributed by atoms with Crippen molar-refractivity contribution in [1.29, 1.82) is 0 Å². The number of benzene rings is 4. The van der Waals surface area contributed by atoms with Crippen LogP contribution in [0.25, 0.3) is 44.2 Å². The minimum atomic E-state index is -3.51. The van der Waals surface area contributed by atoms with E-state index in [0.29, 0.717) is 10.5 Å². The van der Waals surface area contributed by atoms with Crippen molar-refractivity contribution in [3.05, 3.63) is 115 Å². The van der Waals surface area contributed by atoms with Gasteiger partial charge in [-0.15, -0.1) is 0 Å². The molecule has 0 spiro atoms. The molecule has 0 saturated heterocycles. The second-order valence-corrected chi connectivity index (χ2v) is 12.2. The van der Waals surface area contributed by atoms with Gasteiger partial charge < -0.3 is 15.2 Å². The molecule has 1 amide bonds. The number of hydrogen-bond acceptors (Lipinski definition) is 5. The van der Waals surface area contributed by atoms with E-state index in [2.05, 4.69) is 22.4 Å². The van der Waals surface area contributed by atoms with Gasteiger partial charge in [-0.2, -0.15) is 0 Å². The molecule has 0 atom stereocenters. The van der Waals surface area contributed by atoms with Gasteiger partial charge in [-0.3, -0.25) is 4.79 Å². The van der Waals surface area contributed by atoms with Crippen LogP contribution in [0.15, 0.2) is 114 Å². The van der Waals surface area contributed by atoms with Gasteiger partial charge in [-0.05, 0) is 60.1 Å². The Morgan fingerprint density at radius 1 is 0.881 bits per heavy atom. The summed E-state index contributed by atoms with van der Waals surface area (Å²) < 4.78 is 26.3. The Bertz CT molecular complexity index is 2000. The summed E-state index contributed by atoms with van der Waals surface area (Å²) >= 11 is 0. The maximum Gasteiger partial charge on any atom is 0.240 e. The highest BCUT2D eigenvalue weighted by Crippen LogP contribution is 2.41. The Kier molecular flexibility index (Phi) is 7.33. The topological polar surface area (TPSA) is 95.2 Å². The molecular weight excluding hydrogens is 544 g/mol. The smallest absolute Gasteiger partial charge is 0.240 e. The number of hydrogen-bond donors (Lipinski definition) is 2. The molecule has 0 saturated carbocycles. The molecule has 8 heteroatoms. The lowest BCUT2D eigenvalue weighted by atomic mass is 9.92. The lowest BCUT2D eigenvalue weighted by molar-refractivity contribution is -0.117. The standard InChI is InChI=1S/C34H30N4O3S/c1-35-21-31(39)38(2)26-16-14-24(15-17-26)29-20-36-34-33(32(29)25-9-5-3-6-10-25)28-19-23(13-18-30(28)37-34)22-42(40,41)27-11-7-4-8-12-27/h3-20,35H,21-22H2,1-2H3,(H,36,37). The van der Waals surface area contributed by atoms with E-state index in [1.807, 2.05) is 72.9 Å². The highest BCUT2D eigenvalue weighted by Gasteiger charge is 2.20. The van der Waals surface area contributed by atoms with E-state index in [4.69, 9.17) is 4.98 Å². The minimum Gasteiger partial charge on any atom is -0.339 e. The van der Waals surface area contributed by atoms with Gasteiger partial charge >= 0.3 is 0 Å². The van der Waals surface area contributed by atoms with E-state index >= 15 is 0 Å². The van der Waals surface area contributed by atoms with E-state index in [0.717, 1.165) is 49.9 Å². The summed E-state index contributed by atoms with van der Waals surface area (Å²) in [6.07, 6.45) is 1.87. The number of nitrogens with one attached hydrogen (secondary N) is 2. The summed E-state index contributed by atoms with van der Waals surface area (Å²) in [5.74, 6) is -0.128. The first-order valence-corrected chi connectivity index (χ1v) is 15.3.